The minimum Gasteiger partial charge on any atom is -0.367 e. The van der Waals surface area contributed by atoms with Gasteiger partial charge >= 0.3 is 0 Å². The van der Waals surface area contributed by atoms with E-state index in [9.17, 15) is 4.79 Å². The Labute approximate surface area is 112 Å². The fraction of sp³-hybridized carbons (Fsp3) is 0.250. The molecule has 1 aliphatic heterocycles. The molecule has 0 N–H and O–H groups in total. The molecule has 1 aromatic heterocycles. The standard InChI is InChI=1S/C16H16N2O/c19-16-6-3-11-18(12-13-7-9-17-10-8-13)15-5-2-1-4-14(15)16/h1-2,4-5,7-10H,3,6,11-12H2. The molecule has 0 unspecified atom stereocenters. The second-order valence-corrected chi connectivity index (χ2v) is 4.82. The van der Waals surface area contributed by atoms with Crippen molar-refractivity contribution in [2.24, 2.45) is 0 Å². The number of nitrogens with zero attached hydrogens (tertiary/aromatic N) is 2. The third-order valence-electron chi connectivity index (χ3n) is 3.50. The van der Waals surface area contributed by atoms with Crippen LogP contribution in [0.15, 0.2) is 48.8 Å². The van der Waals surface area contributed by atoms with Crippen LogP contribution in [0.3, 0.4) is 0 Å². The third kappa shape index (κ3) is 2.50. The minimum absolute atomic E-state index is 0.257. The van der Waals surface area contributed by atoms with Crippen LogP contribution in [0.1, 0.15) is 28.8 Å². The van der Waals surface area contributed by atoms with E-state index in [0.29, 0.717) is 6.42 Å². The molecule has 3 heteroatoms. The molecular weight excluding hydrogens is 236 g/mol. The molecule has 0 saturated carbocycles. The molecule has 96 valence electrons. The molecule has 0 saturated heterocycles. The van der Waals surface area contributed by atoms with Gasteiger partial charge in [-0.15, -0.1) is 0 Å². The van der Waals surface area contributed by atoms with Gasteiger partial charge in [0.2, 0.25) is 0 Å². The Hall–Kier alpha value is -2.16. The zero-order chi connectivity index (χ0) is 13.1. The van der Waals surface area contributed by atoms with Crippen molar-refractivity contribution in [1.82, 2.24) is 4.98 Å². The number of fused-ring (bicyclic) bond motifs is 1. The molecule has 0 spiro atoms. The van der Waals surface area contributed by atoms with Gasteiger partial charge in [0.25, 0.3) is 0 Å². The lowest BCUT2D eigenvalue weighted by Crippen LogP contribution is -2.23. The normalized spacial score (nSPS) is 14.9. The number of benzene rings is 1. The molecular formula is C16H16N2O. The van der Waals surface area contributed by atoms with E-state index < -0.39 is 0 Å². The quantitative estimate of drug-likeness (QED) is 0.823. The second-order valence-electron chi connectivity index (χ2n) is 4.82. The van der Waals surface area contributed by atoms with E-state index in [4.69, 9.17) is 0 Å². The molecule has 0 aliphatic carbocycles. The van der Waals surface area contributed by atoms with Gasteiger partial charge in [-0.1, -0.05) is 12.1 Å². The highest BCUT2D eigenvalue weighted by Crippen LogP contribution is 2.27. The lowest BCUT2D eigenvalue weighted by atomic mass is 10.1. The van der Waals surface area contributed by atoms with Crippen molar-refractivity contribution >= 4 is 11.5 Å². The van der Waals surface area contributed by atoms with Crippen molar-refractivity contribution in [2.75, 3.05) is 11.4 Å². The van der Waals surface area contributed by atoms with Crippen molar-refractivity contribution in [2.45, 2.75) is 19.4 Å². The maximum atomic E-state index is 12.1. The van der Waals surface area contributed by atoms with Crippen molar-refractivity contribution in [3.05, 3.63) is 59.9 Å². The molecule has 1 aromatic carbocycles. The first-order valence-corrected chi connectivity index (χ1v) is 6.61. The van der Waals surface area contributed by atoms with Crippen molar-refractivity contribution in [3.8, 4) is 0 Å². The van der Waals surface area contributed by atoms with Crippen LogP contribution in [0, 0.1) is 0 Å². The summed E-state index contributed by atoms with van der Waals surface area (Å²) in [6, 6.07) is 12.0. The number of rotatable bonds is 2. The summed E-state index contributed by atoms with van der Waals surface area (Å²) in [7, 11) is 0. The molecule has 2 heterocycles. The number of ketones is 1. The van der Waals surface area contributed by atoms with Crippen LogP contribution >= 0.6 is 0 Å². The van der Waals surface area contributed by atoms with Gasteiger partial charge in [-0.25, -0.2) is 0 Å². The lowest BCUT2D eigenvalue weighted by molar-refractivity contribution is 0.0984. The zero-order valence-electron chi connectivity index (χ0n) is 10.7. The highest BCUT2D eigenvalue weighted by atomic mass is 16.1. The van der Waals surface area contributed by atoms with E-state index in [1.807, 2.05) is 48.8 Å². The van der Waals surface area contributed by atoms with Crippen LogP contribution in [0.25, 0.3) is 0 Å². The van der Waals surface area contributed by atoms with Gasteiger partial charge in [-0.2, -0.15) is 0 Å². The summed E-state index contributed by atoms with van der Waals surface area (Å²) in [6.07, 6.45) is 5.18. The van der Waals surface area contributed by atoms with Gasteiger partial charge in [-0.3, -0.25) is 9.78 Å². The van der Waals surface area contributed by atoms with Gasteiger partial charge in [0, 0.05) is 43.2 Å². The van der Waals surface area contributed by atoms with Crippen LogP contribution < -0.4 is 4.90 Å². The Kier molecular flexibility index (Phi) is 3.27. The Morgan fingerprint density at radius 3 is 2.74 bits per heavy atom. The molecule has 0 radical (unpaired) electrons. The van der Waals surface area contributed by atoms with Crippen LogP contribution in [0.2, 0.25) is 0 Å². The van der Waals surface area contributed by atoms with E-state index in [1.165, 1.54) is 5.56 Å². The molecule has 2 aromatic rings. The number of carbonyl (C=O) groups excluding carboxylic acids is 1. The van der Waals surface area contributed by atoms with Crippen LogP contribution in [0.4, 0.5) is 5.69 Å². The van der Waals surface area contributed by atoms with Gasteiger partial charge in [0.1, 0.15) is 0 Å². The number of aromatic nitrogens is 1. The molecule has 3 rings (SSSR count). The Morgan fingerprint density at radius 1 is 1.11 bits per heavy atom. The summed E-state index contributed by atoms with van der Waals surface area (Å²) in [6.45, 7) is 1.75. The fourth-order valence-electron chi connectivity index (χ4n) is 2.54. The molecule has 1 aliphatic rings. The van der Waals surface area contributed by atoms with Gasteiger partial charge in [-0.05, 0) is 36.2 Å². The molecule has 0 fully saturated rings. The van der Waals surface area contributed by atoms with E-state index in [0.717, 1.165) is 30.8 Å². The molecule has 19 heavy (non-hydrogen) atoms. The molecule has 0 bridgehead atoms. The van der Waals surface area contributed by atoms with Crippen molar-refractivity contribution < 1.29 is 4.79 Å². The summed E-state index contributed by atoms with van der Waals surface area (Å²) in [5, 5.41) is 0. The first kappa shape index (κ1) is 11.9. The average Bonchev–Trinajstić information content (AvgIpc) is 2.61. The number of anilines is 1. The summed E-state index contributed by atoms with van der Waals surface area (Å²) in [5.74, 6) is 0.257. The first-order valence-electron chi connectivity index (χ1n) is 6.61. The summed E-state index contributed by atoms with van der Waals surface area (Å²) < 4.78 is 0. The number of Topliss-reactive ketones (excluding diaryl/α,β-unsaturated/α-hetero) is 1. The van der Waals surface area contributed by atoms with Crippen LogP contribution in [0.5, 0.6) is 0 Å². The van der Waals surface area contributed by atoms with E-state index in [2.05, 4.69) is 9.88 Å². The predicted octanol–water partition coefficient (Wildman–Crippen LogP) is 3.06. The lowest BCUT2D eigenvalue weighted by Gasteiger charge is -2.24. The van der Waals surface area contributed by atoms with E-state index in [-0.39, 0.29) is 5.78 Å². The summed E-state index contributed by atoms with van der Waals surface area (Å²) in [4.78, 5) is 18.4. The molecule has 3 nitrogen and oxygen atoms in total. The number of para-hydroxylation sites is 1. The number of carbonyl (C=O) groups is 1. The molecule has 0 atom stereocenters. The van der Waals surface area contributed by atoms with Gasteiger partial charge in [0.05, 0.1) is 0 Å². The van der Waals surface area contributed by atoms with Gasteiger partial charge in [0.15, 0.2) is 5.78 Å². The highest BCUT2D eigenvalue weighted by molar-refractivity contribution is 6.01. The minimum atomic E-state index is 0.257. The topological polar surface area (TPSA) is 33.2 Å². The Balaban J connectivity index is 1.93. The molecule has 0 amide bonds. The summed E-state index contributed by atoms with van der Waals surface area (Å²) in [5.41, 5.74) is 3.13. The number of hydrogen-bond donors (Lipinski definition) is 0. The van der Waals surface area contributed by atoms with Gasteiger partial charge < -0.3 is 4.90 Å². The fourth-order valence-corrected chi connectivity index (χ4v) is 2.54. The maximum absolute atomic E-state index is 12.1. The van der Waals surface area contributed by atoms with E-state index >= 15 is 0 Å². The number of hydrogen-bond acceptors (Lipinski definition) is 3. The van der Waals surface area contributed by atoms with Crippen LogP contribution in [-0.2, 0) is 6.54 Å². The predicted molar refractivity (Wildman–Crippen MR) is 75.3 cm³/mol. The Bertz CT molecular complexity index is 580. The average molecular weight is 252 g/mol. The number of pyridine rings is 1. The second kappa shape index (κ2) is 5.22. The smallest absolute Gasteiger partial charge is 0.165 e. The summed E-state index contributed by atoms with van der Waals surface area (Å²) >= 11 is 0. The monoisotopic (exact) mass is 252 g/mol. The van der Waals surface area contributed by atoms with Crippen LogP contribution in [-0.4, -0.2) is 17.3 Å². The third-order valence-corrected chi connectivity index (χ3v) is 3.50. The largest absolute Gasteiger partial charge is 0.367 e. The Morgan fingerprint density at radius 2 is 1.89 bits per heavy atom. The van der Waals surface area contributed by atoms with Crippen molar-refractivity contribution in [3.63, 3.8) is 0 Å². The highest BCUT2D eigenvalue weighted by Gasteiger charge is 2.20. The SMILES string of the molecule is O=C1CCCN(Cc2ccncc2)c2ccccc21. The first-order chi connectivity index (χ1) is 9.34. The zero-order valence-corrected chi connectivity index (χ0v) is 10.7. The van der Waals surface area contributed by atoms with E-state index in [1.54, 1.807) is 0 Å². The van der Waals surface area contributed by atoms with Crippen molar-refractivity contribution in [1.29, 1.82) is 0 Å². The maximum Gasteiger partial charge on any atom is 0.165 e.